The van der Waals surface area contributed by atoms with Crippen LogP contribution in [0.1, 0.15) is 15.9 Å². The Labute approximate surface area is 279 Å². The first-order valence-corrected chi connectivity index (χ1v) is 16.5. The summed E-state index contributed by atoms with van der Waals surface area (Å²) in [7, 11) is -1.90. The van der Waals surface area contributed by atoms with Gasteiger partial charge in [-0.25, -0.2) is 13.6 Å². The van der Waals surface area contributed by atoms with Crippen LogP contribution < -0.4 is 20.7 Å². The molecule has 1 aliphatic rings. The second-order valence-corrected chi connectivity index (χ2v) is 13.1. The maximum atomic E-state index is 13.8. The molecule has 2 heterocycles. The van der Waals surface area contributed by atoms with Crippen LogP contribution >= 0.6 is 0 Å². The lowest BCUT2D eigenvalue weighted by Gasteiger charge is -2.34. The summed E-state index contributed by atoms with van der Waals surface area (Å²) in [4.78, 5) is 19.9. The van der Waals surface area contributed by atoms with Crippen molar-refractivity contribution in [3.05, 3.63) is 96.1 Å². The number of aromatic amines is 1. The van der Waals surface area contributed by atoms with Gasteiger partial charge in [0.25, 0.3) is 5.91 Å². The number of fused-ring (bicyclic) bond motifs is 1. The lowest BCUT2D eigenvalue weighted by atomic mass is 10.1. The van der Waals surface area contributed by atoms with Crippen molar-refractivity contribution in [3.63, 3.8) is 0 Å². The highest BCUT2D eigenvalue weighted by Gasteiger charge is 2.32. The minimum absolute atomic E-state index is 0.0691. The van der Waals surface area contributed by atoms with Crippen molar-refractivity contribution in [2.24, 2.45) is 15.4 Å². The first kappa shape index (κ1) is 33.5. The van der Waals surface area contributed by atoms with Crippen molar-refractivity contribution in [1.29, 1.82) is 0 Å². The van der Waals surface area contributed by atoms with Crippen molar-refractivity contribution in [2.75, 3.05) is 48.8 Å². The molecule has 6 rings (SSSR count). The molecular weight excluding hydrogens is 661 g/mol. The fraction of sp³-hybridized carbons (Fsp3) is 0.182. The number of H-pyrrole nitrogens is 1. The summed E-state index contributed by atoms with van der Waals surface area (Å²) < 4.78 is 64.3. The molecule has 1 amide bonds. The van der Waals surface area contributed by atoms with E-state index in [1.165, 1.54) is 30.3 Å². The number of sulfonamides is 1. The zero-order valence-corrected chi connectivity index (χ0v) is 26.8. The van der Waals surface area contributed by atoms with E-state index in [0.29, 0.717) is 65.5 Å². The Morgan fingerprint density at radius 3 is 2.29 bits per heavy atom. The normalized spacial score (nSPS) is 14.4. The Bertz CT molecular complexity index is 2160. The third kappa shape index (κ3) is 7.83. The van der Waals surface area contributed by atoms with Crippen LogP contribution in [0, 0.1) is 0 Å². The number of benzene rings is 4. The number of primary sulfonamides is 1. The van der Waals surface area contributed by atoms with E-state index in [1.807, 2.05) is 11.9 Å². The number of halogens is 3. The molecule has 254 valence electrons. The van der Waals surface area contributed by atoms with E-state index in [0.717, 1.165) is 12.1 Å². The molecule has 0 atom stereocenters. The number of hydrogen-bond donors (Lipinski definition) is 5. The fourth-order valence-corrected chi connectivity index (χ4v) is 5.87. The molecule has 1 fully saturated rings. The largest absolute Gasteiger partial charge is 0.493 e. The molecule has 1 aromatic heterocycles. The number of nitrogens with one attached hydrogen (secondary N) is 3. The molecule has 0 unspecified atom stereocenters. The van der Waals surface area contributed by atoms with Crippen LogP contribution in [0.15, 0.2) is 100 Å². The van der Waals surface area contributed by atoms with E-state index in [-0.39, 0.29) is 22.0 Å². The third-order valence-corrected chi connectivity index (χ3v) is 8.90. The van der Waals surface area contributed by atoms with Crippen LogP contribution in [0.4, 0.5) is 47.3 Å². The zero-order valence-electron chi connectivity index (χ0n) is 26.0. The molecule has 1 saturated heterocycles. The third-order valence-electron chi connectivity index (χ3n) is 7.97. The number of nitrogens with two attached hydrogens (primary N) is 1. The standard InChI is InChI=1S/C33H31F3N8O4S/c1-43-11-13-44(14-12-43)26-16-20(15-21(17-26)33(34,35)36)31(45)39-24-4-2-3-23(18-24)38-25-7-10-28-29(19-25)40-32(46)30(28)42-41-22-5-8-27(9-6-22)49(37,47)48/h2-10,15-19,38,40,46H,11-14H2,1H3,(H,39,45)(H2,37,47,48). The average Bonchev–Trinajstić information content (AvgIpc) is 3.37. The summed E-state index contributed by atoms with van der Waals surface area (Å²) in [6, 6.07) is 20.8. The van der Waals surface area contributed by atoms with Crippen molar-refractivity contribution >= 4 is 61.0 Å². The van der Waals surface area contributed by atoms with E-state index < -0.39 is 27.7 Å². The Balaban J connectivity index is 1.17. The van der Waals surface area contributed by atoms with Gasteiger partial charge in [0.1, 0.15) is 0 Å². The Hall–Kier alpha value is -5.45. The number of anilines is 4. The number of likely N-dealkylation sites (N-methyl/N-ethyl adjacent to an activating group) is 1. The topological polar surface area (TPSA) is 169 Å². The second kappa shape index (κ2) is 13.2. The zero-order chi connectivity index (χ0) is 34.9. The molecule has 6 N–H and O–H groups in total. The van der Waals surface area contributed by atoms with Crippen LogP contribution in [0.2, 0.25) is 0 Å². The number of hydrogen-bond acceptors (Lipinski definition) is 9. The molecule has 12 nitrogen and oxygen atoms in total. The van der Waals surface area contributed by atoms with Crippen molar-refractivity contribution < 1.29 is 31.5 Å². The number of rotatable bonds is 8. The summed E-state index contributed by atoms with van der Waals surface area (Å²) in [6.07, 6.45) is -4.62. The van der Waals surface area contributed by atoms with Gasteiger partial charge in [0.2, 0.25) is 15.9 Å². The SMILES string of the molecule is CN1CCN(c2cc(C(=O)Nc3cccc(Nc4ccc5c(N=Nc6ccc(S(N)(=O)=O)cc6)c(O)[nH]c5c4)c3)cc(C(F)(F)F)c2)CC1. The summed E-state index contributed by atoms with van der Waals surface area (Å²) >= 11 is 0. The number of azo groups is 1. The van der Waals surface area contributed by atoms with Gasteiger partial charge in [-0.05, 0) is 85.9 Å². The highest BCUT2D eigenvalue weighted by Crippen LogP contribution is 2.38. The van der Waals surface area contributed by atoms with Gasteiger partial charge in [-0.3, -0.25) is 4.79 Å². The second-order valence-electron chi connectivity index (χ2n) is 11.5. The van der Waals surface area contributed by atoms with Gasteiger partial charge >= 0.3 is 6.18 Å². The van der Waals surface area contributed by atoms with Crippen molar-refractivity contribution in [2.45, 2.75) is 11.1 Å². The molecule has 0 radical (unpaired) electrons. The summed E-state index contributed by atoms with van der Waals surface area (Å²) in [5.41, 5.74) is 1.97. The van der Waals surface area contributed by atoms with Gasteiger partial charge in [-0.2, -0.15) is 18.3 Å². The van der Waals surface area contributed by atoms with E-state index in [4.69, 9.17) is 5.14 Å². The number of piperazine rings is 1. The lowest BCUT2D eigenvalue weighted by molar-refractivity contribution is -0.137. The summed E-state index contributed by atoms with van der Waals surface area (Å²) in [6.45, 7) is 2.49. The molecule has 4 aromatic carbocycles. The van der Waals surface area contributed by atoms with Gasteiger partial charge in [0, 0.05) is 59.9 Å². The predicted molar refractivity (Wildman–Crippen MR) is 181 cm³/mol. The lowest BCUT2D eigenvalue weighted by Crippen LogP contribution is -2.44. The molecule has 49 heavy (non-hydrogen) atoms. The predicted octanol–water partition coefficient (Wildman–Crippen LogP) is 6.70. The van der Waals surface area contributed by atoms with Gasteiger partial charge in [-0.15, -0.1) is 5.11 Å². The molecule has 16 heteroatoms. The molecule has 1 aliphatic heterocycles. The summed E-state index contributed by atoms with van der Waals surface area (Å²) in [5, 5.41) is 30.3. The van der Waals surface area contributed by atoms with Crippen LogP contribution in [0.3, 0.4) is 0 Å². The number of aromatic hydroxyl groups is 1. The van der Waals surface area contributed by atoms with Crippen molar-refractivity contribution in [1.82, 2.24) is 9.88 Å². The minimum atomic E-state index is -4.62. The van der Waals surface area contributed by atoms with Crippen LogP contribution in [-0.4, -0.2) is 62.5 Å². The van der Waals surface area contributed by atoms with Crippen LogP contribution in [0.25, 0.3) is 10.9 Å². The van der Waals surface area contributed by atoms with Gasteiger partial charge < -0.3 is 30.5 Å². The smallest absolute Gasteiger partial charge is 0.416 e. The van der Waals surface area contributed by atoms with Crippen LogP contribution in [0.5, 0.6) is 5.88 Å². The fourth-order valence-electron chi connectivity index (χ4n) is 5.36. The highest BCUT2D eigenvalue weighted by molar-refractivity contribution is 7.89. The monoisotopic (exact) mass is 692 g/mol. The first-order chi connectivity index (χ1) is 23.2. The highest BCUT2D eigenvalue weighted by atomic mass is 32.2. The van der Waals surface area contributed by atoms with Crippen molar-refractivity contribution in [3.8, 4) is 5.88 Å². The molecular formula is C33H31F3N8O4S. The Kier molecular flexibility index (Phi) is 9.02. The van der Waals surface area contributed by atoms with E-state index in [2.05, 4.69) is 30.7 Å². The van der Waals surface area contributed by atoms with E-state index in [1.54, 1.807) is 42.5 Å². The number of carbonyl (C=O) groups is 1. The number of nitrogens with zero attached hydrogens (tertiary/aromatic N) is 4. The molecule has 0 bridgehead atoms. The molecule has 0 saturated carbocycles. The van der Waals surface area contributed by atoms with Gasteiger partial charge in [0.15, 0.2) is 5.69 Å². The van der Waals surface area contributed by atoms with Gasteiger partial charge in [-0.1, -0.05) is 6.07 Å². The Morgan fingerprint density at radius 1 is 0.898 bits per heavy atom. The first-order valence-electron chi connectivity index (χ1n) is 15.0. The average molecular weight is 693 g/mol. The molecule has 0 spiro atoms. The summed E-state index contributed by atoms with van der Waals surface area (Å²) in [5.74, 6) is -0.906. The number of alkyl halides is 3. The maximum absolute atomic E-state index is 13.8. The number of aromatic nitrogens is 1. The number of carbonyl (C=O) groups excluding carboxylic acids is 1. The van der Waals surface area contributed by atoms with E-state index in [9.17, 15) is 31.5 Å². The van der Waals surface area contributed by atoms with E-state index >= 15 is 0 Å². The van der Waals surface area contributed by atoms with Gasteiger partial charge in [0.05, 0.1) is 21.7 Å². The Morgan fingerprint density at radius 2 is 1.59 bits per heavy atom. The minimum Gasteiger partial charge on any atom is -0.493 e. The number of amides is 1. The molecule has 5 aromatic rings. The van der Waals surface area contributed by atoms with Crippen LogP contribution in [-0.2, 0) is 16.2 Å². The quantitative estimate of drug-likeness (QED) is 0.113. The maximum Gasteiger partial charge on any atom is 0.416 e. The molecule has 0 aliphatic carbocycles.